The number of phenolic OH excluding ortho intramolecular Hbond substituents is 1. The lowest BCUT2D eigenvalue weighted by Crippen LogP contribution is -1.95. The molecule has 0 amide bonds. The van der Waals surface area contributed by atoms with E-state index < -0.39 is 32.8 Å². The second-order valence-corrected chi connectivity index (χ2v) is 7.53. The third kappa shape index (κ3) is 3.12. The molecule has 0 saturated heterocycles. The summed E-state index contributed by atoms with van der Waals surface area (Å²) in [5.41, 5.74) is 0.625. The molecule has 0 spiro atoms. The van der Waals surface area contributed by atoms with Crippen molar-refractivity contribution in [1.82, 2.24) is 0 Å². The summed E-state index contributed by atoms with van der Waals surface area (Å²) in [6, 6.07) is 14.0. The van der Waals surface area contributed by atoms with E-state index in [0.717, 1.165) is 0 Å². The number of hydrogen-bond acceptors (Lipinski definition) is 2. The van der Waals surface area contributed by atoms with Crippen molar-refractivity contribution in [2.24, 2.45) is 0 Å². The van der Waals surface area contributed by atoms with E-state index in [-0.39, 0.29) is 22.4 Å². The van der Waals surface area contributed by atoms with Crippen molar-refractivity contribution in [3.8, 4) is 28.0 Å². The van der Waals surface area contributed by atoms with E-state index in [9.17, 15) is 17.0 Å². The van der Waals surface area contributed by atoms with Crippen LogP contribution in [0, 0.1) is 15.2 Å². The van der Waals surface area contributed by atoms with Crippen LogP contribution in [0.1, 0.15) is 0 Å². The monoisotopic (exact) mass is 502 g/mol. The van der Waals surface area contributed by atoms with E-state index >= 15 is 0 Å². The number of aromatic hydroxyl groups is 1. The molecule has 3 aromatic rings. The Labute approximate surface area is 155 Å². The fourth-order valence-electron chi connectivity index (χ4n) is 2.44. The number of benzene rings is 3. The predicted molar refractivity (Wildman–Crippen MR) is 100.0 cm³/mol. The molecule has 0 fully saturated rings. The highest BCUT2D eigenvalue weighted by molar-refractivity contribution is 14.1. The quantitative estimate of drug-likeness (QED) is 0.430. The fourth-order valence-corrected chi connectivity index (χ4v) is 3.81. The molecule has 3 rings (SSSR count). The molecule has 0 saturated carbocycles. The highest BCUT2D eigenvalue weighted by atomic mass is 127. The summed E-state index contributed by atoms with van der Waals surface area (Å²) < 4.78 is 41.8. The summed E-state index contributed by atoms with van der Waals surface area (Å²) in [7, 11) is 0. The van der Waals surface area contributed by atoms with Crippen LogP contribution < -0.4 is 0 Å². The van der Waals surface area contributed by atoms with Crippen molar-refractivity contribution in [3.05, 3.63) is 74.3 Å². The molecule has 0 atom stereocenters. The smallest absolute Gasteiger partial charge is 0.182 e. The van der Waals surface area contributed by atoms with Crippen molar-refractivity contribution in [2.75, 3.05) is 0 Å². The first-order valence-corrected chi connectivity index (χ1v) is 9.61. The van der Waals surface area contributed by atoms with Gasteiger partial charge in [-0.05, 0) is 24.3 Å². The molecular weight excluding hydrogens is 493 g/mol. The first-order valence-electron chi connectivity index (χ1n) is 6.86. The number of phenols is 1. The van der Waals surface area contributed by atoms with Gasteiger partial charge in [-0.25, -0.2) is 8.78 Å². The molecular formula is C18H10BrF2IO2. The average molecular weight is 503 g/mol. The van der Waals surface area contributed by atoms with Crippen LogP contribution >= 0.6 is 37.1 Å². The lowest BCUT2D eigenvalue weighted by molar-refractivity contribution is 0.475. The fraction of sp³-hybridized carbons (Fsp3) is 0. The molecule has 0 aromatic heterocycles. The standard InChI is InChI=1S/C18H10BrF2IO2/c19-10-5-8-15(22-24)14(9-10)13-7-6-12(17(20)18(13)21)11-3-1-2-4-16(11)23/h1-9,23H. The minimum absolute atomic E-state index is 0.0253. The minimum atomic E-state index is -1.53. The second kappa shape index (κ2) is 7.06. The van der Waals surface area contributed by atoms with E-state index in [1.54, 1.807) is 30.3 Å². The van der Waals surface area contributed by atoms with E-state index in [4.69, 9.17) is 0 Å². The Morgan fingerprint density at radius 2 is 1.46 bits per heavy atom. The van der Waals surface area contributed by atoms with Crippen LogP contribution in [0.3, 0.4) is 0 Å². The first-order chi connectivity index (χ1) is 11.5. The van der Waals surface area contributed by atoms with E-state index in [1.807, 2.05) is 0 Å². The van der Waals surface area contributed by atoms with Crippen LogP contribution in [0.2, 0.25) is 0 Å². The Balaban J connectivity index is 2.21. The summed E-state index contributed by atoms with van der Waals surface area (Å²) in [4.78, 5) is 0. The van der Waals surface area contributed by atoms with Gasteiger partial charge >= 0.3 is 0 Å². The molecule has 24 heavy (non-hydrogen) atoms. The van der Waals surface area contributed by atoms with Gasteiger partial charge in [0.2, 0.25) is 0 Å². The summed E-state index contributed by atoms with van der Waals surface area (Å²) in [5, 5.41) is 9.85. The van der Waals surface area contributed by atoms with Gasteiger partial charge in [0.05, 0.1) is 3.57 Å². The van der Waals surface area contributed by atoms with E-state index in [1.165, 1.54) is 24.3 Å². The van der Waals surface area contributed by atoms with Crippen molar-refractivity contribution in [2.45, 2.75) is 0 Å². The third-order valence-corrected chi connectivity index (χ3v) is 5.49. The van der Waals surface area contributed by atoms with Crippen LogP contribution in [0.25, 0.3) is 22.3 Å². The van der Waals surface area contributed by atoms with Gasteiger partial charge in [-0.2, -0.15) is 0 Å². The summed E-state index contributed by atoms with van der Waals surface area (Å²) >= 11 is 1.76. The van der Waals surface area contributed by atoms with Crippen LogP contribution in [0.15, 0.2) is 59.1 Å². The lowest BCUT2D eigenvalue weighted by atomic mass is 9.98. The number of para-hydroxylation sites is 1. The average Bonchev–Trinajstić information content (AvgIpc) is 2.58. The molecule has 1 N–H and O–H groups in total. The van der Waals surface area contributed by atoms with Crippen molar-refractivity contribution >= 4 is 37.1 Å². The zero-order valence-electron chi connectivity index (χ0n) is 12.1. The van der Waals surface area contributed by atoms with Gasteiger partial charge in [0.15, 0.2) is 32.8 Å². The molecule has 6 heteroatoms. The van der Waals surface area contributed by atoms with Gasteiger partial charge in [0.1, 0.15) is 5.75 Å². The van der Waals surface area contributed by atoms with Crippen molar-refractivity contribution < 1.29 is 17.0 Å². The predicted octanol–water partition coefficient (Wildman–Crippen LogP) is 6.25. The molecule has 0 unspecified atom stereocenters. The third-order valence-electron chi connectivity index (χ3n) is 3.58. The second-order valence-electron chi connectivity index (χ2n) is 5.01. The van der Waals surface area contributed by atoms with E-state index in [0.29, 0.717) is 13.6 Å². The normalized spacial score (nSPS) is 10.8. The summed E-state index contributed by atoms with van der Waals surface area (Å²) in [6.07, 6.45) is 0. The number of halogens is 4. The van der Waals surface area contributed by atoms with Crippen LogP contribution in [0.4, 0.5) is 8.78 Å². The molecule has 0 aliphatic heterocycles. The van der Waals surface area contributed by atoms with Crippen molar-refractivity contribution in [3.63, 3.8) is 0 Å². The Bertz CT molecular complexity index is 944. The largest absolute Gasteiger partial charge is 0.507 e. The summed E-state index contributed by atoms with van der Waals surface area (Å²) in [6.45, 7) is 0. The van der Waals surface area contributed by atoms with Crippen LogP contribution in [-0.4, -0.2) is 5.11 Å². The Hall–Kier alpha value is -1.67. The zero-order valence-corrected chi connectivity index (χ0v) is 15.8. The van der Waals surface area contributed by atoms with Gasteiger partial charge in [-0.3, -0.25) is 3.07 Å². The number of rotatable bonds is 3. The maximum atomic E-state index is 14.7. The highest BCUT2D eigenvalue weighted by Crippen LogP contribution is 2.37. The Morgan fingerprint density at radius 1 is 0.833 bits per heavy atom. The van der Waals surface area contributed by atoms with Crippen LogP contribution in [0.5, 0.6) is 5.75 Å². The molecule has 3 aromatic carbocycles. The SMILES string of the molecule is O=Ic1ccc(Br)cc1-c1ccc(-c2ccccc2O)c(F)c1F. The molecule has 0 aliphatic carbocycles. The maximum absolute atomic E-state index is 14.7. The molecule has 2 nitrogen and oxygen atoms in total. The van der Waals surface area contributed by atoms with Gasteiger partial charge in [0, 0.05) is 26.7 Å². The number of hydrogen-bond donors (Lipinski definition) is 1. The van der Waals surface area contributed by atoms with E-state index in [2.05, 4.69) is 15.9 Å². The molecule has 0 aliphatic rings. The summed E-state index contributed by atoms with van der Waals surface area (Å²) in [5.74, 6) is -2.21. The van der Waals surface area contributed by atoms with Crippen molar-refractivity contribution in [1.29, 1.82) is 0 Å². The van der Waals surface area contributed by atoms with Gasteiger partial charge in [-0.15, -0.1) is 0 Å². The lowest BCUT2D eigenvalue weighted by Gasteiger charge is -2.11. The molecule has 0 heterocycles. The highest BCUT2D eigenvalue weighted by Gasteiger charge is 2.19. The van der Waals surface area contributed by atoms with Gasteiger partial charge in [-0.1, -0.05) is 46.3 Å². The Morgan fingerprint density at radius 3 is 2.08 bits per heavy atom. The van der Waals surface area contributed by atoms with Gasteiger partial charge < -0.3 is 5.11 Å². The first kappa shape index (κ1) is 17.2. The zero-order chi connectivity index (χ0) is 17.3. The maximum Gasteiger partial charge on any atom is 0.182 e. The van der Waals surface area contributed by atoms with Crippen LogP contribution in [-0.2, 0) is 3.07 Å². The molecule has 0 radical (unpaired) electrons. The minimum Gasteiger partial charge on any atom is -0.507 e. The topological polar surface area (TPSA) is 37.3 Å². The Kier molecular flexibility index (Phi) is 5.05. The molecule has 0 bridgehead atoms. The molecule has 122 valence electrons. The van der Waals surface area contributed by atoms with Gasteiger partial charge in [0.25, 0.3) is 0 Å².